The van der Waals surface area contributed by atoms with Crippen LogP contribution in [0.1, 0.15) is 23.7 Å². The Hall–Kier alpha value is -1.82. The fraction of sp³-hybridized carbons (Fsp3) is 0.417. The van der Waals surface area contributed by atoms with Crippen LogP contribution in [0.4, 0.5) is 5.82 Å². The van der Waals surface area contributed by atoms with Crippen LogP contribution in [0, 0.1) is 0 Å². The number of amides is 2. The molecule has 7 heteroatoms. The van der Waals surface area contributed by atoms with Crippen molar-refractivity contribution in [3.05, 3.63) is 22.8 Å². The molecule has 1 heterocycles. The van der Waals surface area contributed by atoms with E-state index >= 15 is 0 Å². The van der Waals surface area contributed by atoms with Gasteiger partial charge in [0.1, 0.15) is 5.82 Å². The van der Waals surface area contributed by atoms with Crippen molar-refractivity contribution in [2.45, 2.75) is 13.3 Å². The fourth-order valence-electron chi connectivity index (χ4n) is 1.34. The summed E-state index contributed by atoms with van der Waals surface area (Å²) in [6, 6.07) is 1.50. The van der Waals surface area contributed by atoms with Gasteiger partial charge in [-0.3, -0.25) is 9.59 Å². The number of halogens is 1. The zero-order chi connectivity index (χ0) is 14.3. The van der Waals surface area contributed by atoms with Gasteiger partial charge in [-0.05, 0) is 12.5 Å². The van der Waals surface area contributed by atoms with Crippen LogP contribution in [0.3, 0.4) is 0 Å². The minimum atomic E-state index is -0.385. The molecule has 1 aromatic heterocycles. The maximum Gasteiger partial charge on any atom is 0.253 e. The van der Waals surface area contributed by atoms with Crippen LogP contribution in [0.2, 0.25) is 5.02 Å². The molecular formula is C12H17ClN4O2. The van der Waals surface area contributed by atoms with E-state index in [1.54, 1.807) is 7.05 Å². The molecule has 0 saturated heterocycles. The van der Waals surface area contributed by atoms with Gasteiger partial charge in [0.25, 0.3) is 5.91 Å². The molecule has 1 rings (SSSR count). The van der Waals surface area contributed by atoms with Gasteiger partial charge in [-0.2, -0.15) is 0 Å². The van der Waals surface area contributed by atoms with E-state index in [1.165, 1.54) is 12.3 Å². The molecule has 0 radical (unpaired) electrons. The molecule has 0 aliphatic carbocycles. The Morgan fingerprint density at radius 3 is 2.68 bits per heavy atom. The number of pyridine rings is 1. The lowest BCUT2D eigenvalue weighted by Crippen LogP contribution is -2.37. The van der Waals surface area contributed by atoms with Gasteiger partial charge in [0.15, 0.2) is 0 Å². The standard InChI is InChI=1S/C12H17ClN4O2/c1-3-4-15-10(18)7-17-12(19)8-5-9(13)11(14-2)16-6-8/h5-6H,3-4,7H2,1-2H3,(H,14,16)(H,15,18)(H,17,19). The van der Waals surface area contributed by atoms with Crippen LogP contribution < -0.4 is 16.0 Å². The SMILES string of the molecule is CCCNC(=O)CNC(=O)c1cnc(NC)c(Cl)c1. The van der Waals surface area contributed by atoms with E-state index in [1.807, 2.05) is 6.92 Å². The predicted octanol–water partition coefficient (Wildman–Crippen LogP) is 1.03. The summed E-state index contributed by atoms with van der Waals surface area (Å²) in [5.74, 6) is -0.108. The van der Waals surface area contributed by atoms with Crippen LogP contribution in [-0.4, -0.2) is 36.9 Å². The predicted molar refractivity (Wildman–Crippen MR) is 74.4 cm³/mol. The van der Waals surface area contributed by atoms with Crippen LogP contribution >= 0.6 is 11.6 Å². The summed E-state index contributed by atoms with van der Waals surface area (Å²) in [5.41, 5.74) is 0.312. The highest BCUT2D eigenvalue weighted by molar-refractivity contribution is 6.33. The number of hydrogen-bond acceptors (Lipinski definition) is 4. The van der Waals surface area contributed by atoms with E-state index in [2.05, 4.69) is 20.9 Å². The van der Waals surface area contributed by atoms with Gasteiger partial charge >= 0.3 is 0 Å². The van der Waals surface area contributed by atoms with E-state index in [0.717, 1.165) is 6.42 Å². The number of carbonyl (C=O) groups is 2. The van der Waals surface area contributed by atoms with Gasteiger partial charge < -0.3 is 16.0 Å². The van der Waals surface area contributed by atoms with Gasteiger partial charge in [-0.15, -0.1) is 0 Å². The number of rotatable bonds is 6. The van der Waals surface area contributed by atoms with Crippen LogP contribution in [0.15, 0.2) is 12.3 Å². The summed E-state index contributed by atoms with van der Waals surface area (Å²) in [6.07, 6.45) is 2.25. The van der Waals surface area contributed by atoms with Crippen LogP contribution in [0.25, 0.3) is 0 Å². The Morgan fingerprint density at radius 1 is 1.37 bits per heavy atom. The molecule has 2 amide bonds. The number of hydrogen-bond donors (Lipinski definition) is 3. The van der Waals surface area contributed by atoms with Gasteiger partial charge in [0, 0.05) is 19.8 Å². The highest BCUT2D eigenvalue weighted by atomic mass is 35.5. The summed E-state index contributed by atoms with van der Waals surface area (Å²) in [6.45, 7) is 2.49. The van der Waals surface area contributed by atoms with Crippen molar-refractivity contribution in [3.8, 4) is 0 Å². The molecule has 104 valence electrons. The lowest BCUT2D eigenvalue weighted by Gasteiger charge is -2.07. The third-order valence-electron chi connectivity index (χ3n) is 2.32. The van der Waals surface area contributed by atoms with E-state index in [0.29, 0.717) is 22.9 Å². The molecule has 0 atom stereocenters. The average Bonchev–Trinajstić information content (AvgIpc) is 2.42. The minimum absolute atomic E-state index is 0.0652. The van der Waals surface area contributed by atoms with Crippen molar-refractivity contribution in [2.75, 3.05) is 25.5 Å². The molecular weight excluding hydrogens is 268 g/mol. The molecule has 0 aromatic carbocycles. The lowest BCUT2D eigenvalue weighted by atomic mass is 10.2. The van der Waals surface area contributed by atoms with Crippen molar-refractivity contribution in [2.24, 2.45) is 0 Å². The monoisotopic (exact) mass is 284 g/mol. The molecule has 0 saturated carbocycles. The first-order valence-corrected chi connectivity index (χ1v) is 6.34. The summed E-state index contributed by atoms with van der Waals surface area (Å²) in [5, 5.41) is 8.31. The number of nitrogens with zero attached hydrogens (tertiary/aromatic N) is 1. The molecule has 0 bridgehead atoms. The zero-order valence-corrected chi connectivity index (χ0v) is 11.7. The first kappa shape index (κ1) is 15.2. The van der Waals surface area contributed by atoms with E-state index in [9.17, 15) is 9.59 Å². The van der Waals surface area contributed by atoms with Crippen LogP contribution in [-0.2, 0) is 4.79 Å². The Labute approximate surface area is 116 Å². The third-order valence-corrected chi connectivity index (χ3v) is 2.61. The summed E-state index contributed by atoms with van der Waals surface area (Å²) >= 11 is 5.92. The topological polar surface area (TPSA) is 83.1 Å². The van der Waals surface area contributed by atoms with E-state index in [-0.39, 0.29) is 18.4 Å². The Morgan fingerprint density at radius 2 is 2.11 bits per heavy atom. The molecule has 6 nitrogen and oxygen atoms in total. The largest absolute Gasteiger partial charge is 0.372 e. The number of carbonyl (C=O) groups excluding carboxylic acids is 2. The first-order chi connectivity index (χ1) is 9.08. The normalized spacial score (nSPS) is 9.84. The molecule has 3 N–H and O–H groups in total. The molecule has 19 heavy (non-hydrogen) atoms. The van der Waals surface area contributed by atoms with Gasteiger partial charge in [0.2, 0.25) is 5.91 Å². The lowest BCUT2D eigenvalue weighted by molar-refractivity contribution is -0.120. The number of nitrogens with one attached hydrogen (secondary N) is 3. The van der Waals surface area contributed by atoms with Crippen molar-refractivity contribution < 1.29 is 9.59 Å². The highest BCUT2D eigenvalue weighted by Crippen LogP contribution is 2.19. The molecule has 0 spiro atoms. The van der Waals surface area contributed by atoms with Gasteiger partial charge in [-0.25, -0.2) is 4.98 Å². The van der Waals surface area contributed by atoms with Crippen molar-refractivity contribution in [1.82, 2.24) is 15.6 Å². The van der Waals surface area contributed by atoms with Crippen molar-refractivity contribution >= 4 is 29.2 Å². The quantitative estimate of drug-likeness (QED) is 0.729. The van der Waals surface area contributed by atoms with Gasteiger partial charge in [0.05, 0.1) is 17.1 Å². The van der Waals surface area contributed by atoms with Crippen LogP contribution in [0.5, 0.6) is 0 Å². The summed E-state index contributed by atoms with van der Waals surface area (Å²) < 4.78 is 0. The van der Waals surface area contributed by atoms with Crippen molar-refractivity contribution in [1.29, 1.82) is 0 Å². The average molecular weight is 285 g/mol. The number of aromatic nitrogens is 1. The molecule has 0 fully saturated rings. The Kier molecular flexibility index (Phi) is 6.08. The van der Waals surface area contributed by atoms with E-state index in [4.69, 9.17) is 11.6 Å². The smallest absolute Gasteiger partial charge is 0.253 e. The second-order valence-corrected chi connectivity index (χ2v) is 4.24. The Balaban J connectivity index is 2.54. The fourth-order valence-corrected chi connectivity index (χ4v) is 1.60. The summed E-state index contributed by atoms with van der Waals surface area (Å²) in [7, 11) is 1.69. The third kappa shape index (κ3) is 4.75. The van der Waals surface area contributed by atoms with E-state index < -0.39 is 0 Å². The Bertz CT molecular complexity index is 465. The second kappa shape index (κ2) is 7.58. The highest BCUT2D eigenvalue weighted by Gasteiger charge is 2.10. The maximum absolute atomic E-state index is 11.8. The second-order valence-electron chi connectivity index (χ2n) is 3.84. The van der Waals surface area contributed by atoms with Crippen molar-refractivity contribution in [3.63, 3.8) is 0 Å². The molecule has 0 unspecified atom stereocenters. The zero-order valence-electron chi connectivity index (χ0n) is 10.9. The number of anilines is 1. The molecule has 1 aromatic rings. The molecule has 0 aliphatic rings. The maximum atomic E-state index is 11.8. The van der Waals surface area contributed by atoms with Gasteiger partial charge in [-0.1, -0.05) is 18.5 Å². The minimum Gasteiger partial charge on any atom is -0.372 e. The first-order valence-electron chi connectivity index (χ1n) is 5.96. The summed E-state index contributed by atoms with van der Waals surface area (Å²) in [4.78, 5) is 27.1. The molecule has 0 aliphatic heterocycles.